The van der Waals surface area contributed by atoms with Gasteiger partial charge in [-0.25, -0.2) is 0 Å². The van der Waals surface area contributed by atoms with Crippen molar-refractivity contribution in [2.45, 2.75) is 38.6 Å². The summed E-state index contributed by atoms with van der Waals surface area (Å²) in [5.74, 6) is -0.720. The Bertz CT molecular complexity index is 173. The number of rotatable bonds is 3. The van der Waals surface area contributed by atoms with Gasteiger partial charge in [-0.3, -0.25) is 4.79 Å². The summed E-state index contributed by atoms with van der Waals surface area (Å²) >= 11 is 0. The third-order valence-corrected chi connectivity index (χ3v) is 2.98. The first-order valence-electron chi connectivity index (χ1n) is 4.50. The summed E-state index contributed by atoms with van der Waals surface area (Å²) in [6.45, 7) is 2.06. The molecule has 0 heterocycles. The molecule has 0 saturated heterocycles. The molecule has 3 nitrogen and oxygen atoms in total. The van der Waals surface area contributed by atoms with Crippen molar-refractivity contribution >= 4 is 5.97 Å². The fraction of sp³-hybridized carbons (Fsp3) is 0.889. The van der Waals surface area contributed by atoms with Crippen LogP contribution >= 0.6 is 0 Å². The largest absolute Gasteiger partial charge is 0.480 e. The van der Waals surface area contributed by atoms with E-state index in [1.54, 1.807) is 7.05 Å². The van der Waals surface area contributed by atoms with E-state index in [-0.39, 0.29) is 11.5 Å². The highest BCUT2D eigenvalue weighted by molar-refractivity contribution is 5.74. The van der Waals surface area contributed by atoms with Crippen molar-refractivity contribution in [3.8, 4) is 0 Å². The van der Waals surface area contributed by atoms with Crippen LogP contribution in [0.5, 0.6) is 0 Å². The number of hydrogen-bond acceptors (Lipinski definition) is 2. The van der Waals surface area contributed by atoms with E-state index in [0.717, 1.165) is 12.8 Å². The number of aliphatic carboxylic acids is 1. The number of likely N-dealkylation sites (N-methyl/N-ethyl adjacent to an activating group) is 1. The smallest absolute Gasteiger partial charge is 0.321 e. The summed E-state index contributed by atoms with van der Waals surface area (Å²) in [6.07, 6.45) is 4.40. The number of hydrogen-bond donors (Lipinski definition) is 2. The van der Waals surface area contributed by atoms with Crippen molar-refractivity contribution < 1.29 is 9.90 Å². The molecule has 12 heavy (non-hydrogen) atoms. The van der Waals surface area contributed by atoms with Crippen LogP contribution in [0.15, 0.2) is 0 Å². The lowest BCUT2D eigenvalue weighted by molar-refractivity contribution is -0.142. The zero-order chi connectivity index (χ0) is 9.19. The molecule has 0 aromatic rings. The number of nitrogens with one attached hydrogen (secondary N) is 1. The van der Waals surface area contributed by atoms with Crippen LogP contribution in [0.3, 0.4) is 0 Å². The van der Waals surface area contributed by atoms with Crippen LogP contribution in [0.2, 0.25) is 0 Å². The minimum Gasteiger partial charge on any atom is -0.480 e. The number of carbonyl (C=O) groups is 1. The second kappa shape index (κ2) is 3.44. The third kappa shape index (κ3) is 1.61. The Morgan fingerprint density at radius 1 is 1.50 bits per heavy atom. The molecular formula is C9H17NO2. The fourth-order valence-corrected chi connectivity index (χ4v) is 2.24. The summed E-state index contributed by atoms with van der Waals surface area (Å²) < 4.78 is 0. The average molecular weight is 171 g/mol. The quantitative estimate of drug-likeness (QED) is 0.671. The van der Waals surface area contributed by atoms with Gasteiger partial charge >= 0.3 is 5.97 Å². The Labute approximate surface area is 73.2 Å². The zero-order valence-corrected chi connectivity index (χ0v) is 7.76. The molecule has 1 saturated carbocycles. The maximum absolute atomic E-state index is 10.9. The van der Waals surface area contributed by atoms with Gasteiger partial charge in [0.25, 0.3) is 0 Å². The molecule has 1 atom stereocenters. The molecule has 1 fully saturated rings. The third-order valence-electron chi connectivity index (χ3n) is 2.98. The van der Waals surface area contributed by atoms with Gasteiger partial charge in [-0.05, 0) is 25.3 Å². The molecule has 1 aliphatic rings. The van der Waals surface area contributed by atoms with Crippen LogP contribution in [0, 0.1) is 5.41 Å². The second-order valence-corrected chi connectivity index (χ2v) is 3.92. The Hall–Kier alpha value is -0.570. The minimum atomic E-state index is -0.720. The predicted octanol–water partition coefficient (Wildman–Crippen LogP) is 1.24. The molecule has 1 rings (SSSR count). The summed E-state index contributed by atoms with van der Waals surface area (Å²) in [5, 5.41) is 11.8. The average Bonchev–Trinajstić information content (AvgIpc) is 2.37. The maximum atomic E-state index is 10.9. The molecule has 0 aliphatic heterocycles. The molecule has 70 valence electrons. The molecule has 0 amide bonds. The van der Waals surface area contributed by atoms with Crippen LogP contribution in [0.1, 0.15) is 32.6 Å². The molecule has 0 spiro atoms. The lowest BCUT2D eigenvalue weighted by atomic mass is 9.81. The van der Waals surface area contributed by atoms with Gasteiger partial charge in [-0.1, -0.05) is 19.8 Å². The van der Waals surface area contributed by atoms with Crippen LogP contribution in [-0.4, -0.2) is 24.2 Å². The zero-order valence-electron chi connectivity index (χ0n) is 7.76. The predicted molar refractivity (Wildman–Crippen MR) is 47.1 cm³/mol. The molecule has 2 N–H and O–H groups in total. The number of carboxylic acid groups (broad SMARTS) is 1. The molecule has 0 bridgehead atoms. The van der Waals surface area contributed by atoms with Gasteiger partial charge in [0.1, 0.15) is 6.04 Å². The summed E-state index contributed by atoms with van der Waals surface area (Å²) in [7, 11) is 1.72. The molecule has 1 aliphatic carbocycles. The standard InChI is InChI=1S/C9H17NO2/c1-9(5-3-4-6-9)7(10-2)8(11)12/h7,10H,3-6H2,1-2H3,(H,11,12)/t7-/m1/s1. The number of carboxylic acids is 1. The van der Waals surface area contributed by atoms with Crippen molar-refractivity contribution in [1.82, 2.24) is 5.32 Å². The van der Waals surface area contributed by atoms with Gasteiger partial charge in [-0.15, -0.1) is 0 Å². The van der Waals surface area contributed by atoms with Gasteiger partial charge in [0.05, 0.1) is 0 Å². The highest BCUT2D eigenvalue weighted by Gasteiger charge is 2.40. The second-order valence-electron chi connectivity index (χ2n) is 3.92. The van der Waals surface area contributed by atoms with Crippen molar-refractivity contribution in [3.05, 3.63) is 0 Å². The molecule has 0 unspecified atom stereocenters. The molecular weight excluding hydrogens is 154 g/mol. The van der Waals surface area contributed by atoms with E-state index in [1.807, 2.05) is 0 Å². The Morgan fingerprint density at radius 3 is 2.33 bits per heavy atom. The highest BCUT2D eigenvalue weighted by Crippen LogP contribution is 2.40. The summed E-state index contributed by atoms with van der Waals surface area (Å²) in [5.41, 5.74) is -0.0272. The van der Waals surface area contributed by atoms with Crippen LogP contribution in [-0.2, 0) is 4.79 Å². The first-order valence-corrected chi connectivity index (χ1v) is 4.50. The topological polar surface area (TPSA) is 49.3 Å². The highest BCUT2D eigenvalue weighted by atomic mass is 16.4. The van der Waals surface area contributed by atoms with E-state index >= 15 is 0 Å². The molecule has 0 aromatic heterocycles. The van der Waals surface area contributed by atoms with Gasteiger partial charge in [0, 0.05) is 0 Å². The van der Waals surface area contributed by atoms with E-state index in [4.69, 9.17) is 5.11 Å². The Balaban J connectivity index is 2.69. The normalized spacial score (nSPS) is 23.8. The maximum Gasteiger partial charge on any atom is 0.321 e. The van der Waals surface area contributed by atoms with E-state index in [9.17, 15) is 4.79 Å². The Morgan fingerprint density at radius 2 is 2.00 bits per heavy atom. The van der Waals surface area contributed by atoms with Crippen LogP contribution in [0.25, 0.3) is 0 Å². The van der Waals surface area contributed by atoms with Gasteiger partial charge in [0.15, 0.2) is 0 Å². The Kier molecular flexibility index (Phi) is 2.73. The molecule has 0 aromatic carbocycles. The first kappa shape index (κ1) is 9.52. The van der Waals surface area contributed by atoms with E-state index in [2.05, 4.69) is 12.2 Å². The van der Waals surface area contributed by atoms with E-state index < -0.39 is 5.97 Å². The fourth-order valence-electron chi connectivity index (χ4n) is 2.24. The van der Waals surface area contributed by atoms with Crippen molar-refractivity contribution in [3.63, 3.8) is 0 Å². The monoisotopic (exact) mass is 171 g/mol. The van der Waals surface area contributed by atoms with Crippen LogP contribution < -0.4 is 5.32 Å². The van der Waals surface area contributed by atoms with Gasteiger partial charge in [-0.2, -0.15) is 0 Å². The lowest BCUT2D eigenvalue weighted by Gasteiger charge is -2.30. The van der Waals surface area contributed by atoms with Crippen molar-refractivity contribution in [1.29, 1.82) is 0 Å². The van der Waals surface area contributed by atoms with E-state index in [0.29, 0.717) is 0 Å². The van der Waals surface area contributed by atoms with Crippen LogP contribution in [0.4, 0.5) is 0 Å². The van der Waals surface area contributed by atoms with Crippen molar-refractivity contribution in [2.24, 2.45) is 5.41 Å². The lowest BCUT2D eigenvalue weighted by Crippen LogP contribution is -2.46. The van der Waals surface area contributed by atoms with Crippen molar-refractivity contribution in [2.75, 3.05) is 7.05 Å². The van der Waals surface area contributed by atoms with Gasteiger partial charge < -0.3 is 10.4 Å². The van der Waals surface area contributed by atoms with E-state index in [1.165, 1.54) is 12.8 Å². The summed E-state index contributed by atoms with van der Waals surface area (Å²) in [4.78, 5) is 10.9. The molecule has 0 radical (unpaired) electrons. The minimum absolute atomic E-state index is 0.0272. The summed E-state index contributed by atoms with van der Waals surface area (Å²) in [6, 6.07) is -0.375. The first-order chi connectivity index (χ1) is 5.60. The van der Waals surface area contributed by atoms with Gasteiger partial charge in [0.2, 0.25) is 0 Å². The molecule has 3 heteroatoms. The SMILES string of the molecule is CN[C@H](C(=O)O)C1(C)CCCC1.